The summed E-state index contributed by atoms with van der Waals surface area (Å²) >= 11 is 0. The minimum atomic E-state index is 0.269. The normalized spacial score (nSPS) is 14.6. The van der Waals surface area contributed by atoms with Crippen molar-refractivity contribution in [3.63, 3.8) is 0 Å². The molecule has 1 unspecified atom stereocenters. The zero-order valence-electron chi connectivity index (χ0n) is 16.0. The third-order valence-electron chi connectivity index (χ3n) is 6.15. The van der Waals surface area contributed by atoms with E-state index in [9.17, 15) is 0 Å². The molecule has 0 radical (unpaired) electrons. The average Bonchev–Trinajstić information content (AvgIpc) is 3.14. The Hall–Kier alpha value is -3.64. The molecule has 1 aliphatic carbocycles. The van der Waals surface area contributed by atoms with Gasteiger partial charge in [0.05, 0.1) is 0 Å². The summed E-state index contributed by atoms with van der Waals surface area (Å²) in [6.45, 7) is 0. The van der Waals surface area contributed by atoms with Crippen molar-refractivity contribution < 1.29 is 0 Å². The van der Waals surface area contributed by atoms with Crippen LogP contribution in [-0.4, -0.2) is 0 Å². The highest BCUT2D eigenvalue weighted by atomic mass is 14.3. The molecule has 0 bridgehead atoms. The van der Waals surface area contributed by atoms with Crippen molar-refractivity contribution in [2.75, 3.05) is 0 Å². The van der Waals surface area contributed by atoms with Gasteiger partial charge < -0.3 is 0 Å². The van der Waals surface area contributed by atoms with E-state index in [0.717, 1.165) is 0 Å². The summed E-state index contributed by atoms with van der Waals surface area (Å²) in [5.74, 6) is 0.269. The smallest absolute Gasteiger partial charge is 0.0358 e. The molecule has 1 atom stereocenters. The maximum absolute atomic E-state index is 2.33. The van der Waals surface area contributed by atoms with E-state index < -0.39 is 0 Å². The number of benzene rings is 5. The van der Waals surface area contributed by atoms with Gasteiger partial charge in [0.1, 0.15) is 0 Å². The third kappa shape index (κ3) is 2.53. The molecule has 5 aromatic rings. The van der Waals surface area contributed by atoms with E-state index in [4.69, 9.17) is 0 Å². The van der Waals surface area contributed by atoms with E-state index in [1.807, 2.05) is 0 Å². The lowest BCUT2D eigenvalue weighted by Crippen LogP contribution is -2.01. The van der Waals surface area contributed by atoms with Crippen molar-refractivity contribution in [2.45, 2.75) is 5.92 Å². The first kappa shape index (κ1) is 16.3. The van der Waals surface area contributed by atoms with Crippen LogP contribution in [0.3, 0.4) is 0 Å². The maximum atomic E-state index is 2.33. The standard InChI is InChI=1S/C29H20/c1-2-10-21(11-3-1)28-26-14-7-6-13-25(26)27-16-8-15-24(29(27)28)23-18-17-20-9-4-5-12-22(20)19-23/h1-19,28H. The first-order chi connectivity index (χ1) is 14.4. The number of fused-ring (bicyclic) bond motifs is 4. The van der Waals surface area contributed by atoms with E-state index in [1.54, 1.807) is 0 Å². The van der Waals surface area contributed by atoms with E-state index in [2.05, 4.69) is 115 Å². The second kappa shape index (κ2) is 6.46. The highest BCUT2D eigenvalue weighted by Crippen LogP contribution is 2.51. The summed E-state index contributed by atoms with van der Waals surface area (Å²) in [6, 6.07) is 42.0. The van der Waals surface area contributed by atoms with Crippen molar-refractivity contribution in [3.05, 3.63) is 132 Å². The summed E-state index contributed by atoms with van der Waals surface area (Å²) in [5, 5.41) is 2.57. The fourth-order valence-electron chi connectivity index (χ4n) is 4.86. The molecule has 1 aliphatic rings. The summed E-state index contributed by atoms with van der Waals surface area (Å²) in [5.41, 5.74) is 9.52. The second-order valence-electron chi connectivity index (χ2n) is 7.76. The topological polar surface area (TPSA) is 0 Å². The number of hydrogen-bond acceptors (Lipinski definition) is 0. The van der Waals surface area contributed by atoms with Crippen LogP contribution in [0.25, 0.3) is 33.0 Å². The Morgan fingerprint density at radius 3 is 2.03 bits per heavy atom. The Morgan fingerprint density at radius 1 is 0.448 bits per heavy atom. The lowest BCUT2D eigenvalue weighted by molar-refractivity contribution is 1.02. The molecule has 0 aromatic heterocycles. The molecule has 0 aliphatic heterocycles. The fourth-order valence-corrected chi connectivity index (χ4v) is 4.86. The Bertz CT molecular complexity index is 1350. The molecular formula is C29H20. The van der Waals surface area contributed by atoms with Gasteiger partial charge in [-0.25, -0.2) is 0 Å². The van der Waals surface area contributed by atoms with Gasteiger partial charge in [0.15, 0.2) is 0 Å². The fraction of sp³-hybridized carbons (Fsp3) is 0.0345. The molecule has 0 N–H and O–H groups in total. The van der Waals surface area contributed by atoms with Gasteiger partial charge in [-0.2, -0.15) is 0 Å². The Balaban J connectivity index is 1.64. The van der Waals surface area contributed by atoms with Gasteiger partial charge >= 0.3 is 0 Å². The van der Waals surface area contributed by atoms with Crippen molar-refractivity contribution in [1.29, 1.82) is 0 Å². The van der Waals surface area contributed by atoms with E-state index in [-0.39, 0.29) is 5.92 Å². The predicted octanol–water partition coefficient (Wildman–Crippen LogP) is 7.67. The summed E-state index contributed by atoms with van der Waals surface area (Å²) in [7, 11) is 0. The molecule has 0 saturated heterocycles. The molecule has 29 heavy (non-hydrogen) atoms. The SMILES string of the molecule is c1ccc(C2c3ccccc3-c3cccc(-c4ccc5ccccc5c4)c32)cc1. The molecule has 0 heteroatoms. The lowest BCUT2D eigenvalue weighted by Gasteiger charge is -2.18. The van der Waals surface area contributed by atoms with E-state index in [1.165, 1.54) is 49.7 Å². The largest absolute Gasteiger partial charge is 0.0622 e. The minimum Gasteiger partial charge on any atom is -0.0622 e. The first-order valence-corrected chi connectivity index (χ1v) is 10.2. The monoisotopic (exact) mass is 368 g/mol. The predicted molar refractivity (Wildman–Crippen MR) is 122 cm³/mol. The Morgan fingerprint density at radius 2 is 1.14 bits per heavy atom. The molecule has 0 fully saturated rings. The van der Waals surface area contributed by atoms with Crippen LogP contribution >= 0.6 is 0 Å². The zero-order valence-corrected chi connectivity index (χ0v) is 16.0. The quantitative estimate of drug-likeness (QED) is 0.294. The van der Waals surface area contributed by atoms with Crippen molar-refractivity contribution >= 4 is 10.8 Å². The number of rotatable bonds is 2. The van der Waals surface area contributed by atoms with Crippen LogP contribution in [0.4, 0.5) is 0 Å². The maximum Gasteiger partial charge on any atom is 0.0358 e. The first-order valence-electron chi connectivity index (χ1n) is 10.2. The third-order valence-corrected chi connectivity index (χ3v) is 6.15. The van der Waals surface area contributed by atoms with Gasteiger partial charge in [-0.05, 0) is 55.8 Å². The molecule has 0 nitrogen and oxygen atoms in total. The van der Waals surface area contributed by atoms with Crippen molar-refractivity contribution in [1.82, 2.24) is 0 Å². The van der Waals surface area contributed by atoms with Gasteiger partial charge in [0.2, 0.25) is 0 Å². The Kier molecular flexibility index (Phi) is 3.64. The van der Waals surface area contributed by atoms with Gasteiger partial charge in [-0.15, -0.1) is 0 Å². The lowest BCUT2D eigenvalue weighted by atomic mass is 9.84. The zero-order chi connectivity index (χ0) is 19.2. The average molecular weight is 368 g/mol. The van der Waals surface area contributed by atoms with Crippen LogP contribution in [0.1, 0.15) is 22.6 Å². The van der Waals surface area contributed by atoms with Crippen molar-refractivity contribution in [2.24, 2.45) is 0 Å². The van der Waals surface area contributed by atoms with Crippen LogP contribution < -0.4 is 0 Å². The van der Waals surface area contributed by atoms with Crippen molar-refractivity contribution in [3.8, 4) is 22.3 Å². The summed E-state index contributed by atoms with van der Waals surface area (Å²) in [4.78, 5) is 0. The molecule has 5 aromatic carbocycles. The molecule has 0 amide bonds. The molecular weight excluding hydrogens is 348 g/mol. The highest BCUT2D eigenvalue weighted by molar-refractivity contribution is 5.92. The van der Waals surface area contributed by atoms with Crippen LogP contribution in [0.15, 0.2) is 115 Å². The van der Waals surface area contributed by atoms with Gasteiger partial charge in [0, 0.05) is 5.92 Å². The Labute approximate surface area is 171 Å². The molecule has 136 valence electrons. The summed E-state index contributed by atoms with van der Waals surface area (Å²) in [6.07, 6.45) is 0. The van der Waals surface area contributed by atoms with E-state index >= 15 is 0 Å². The van der Waals surface area contributed by atoms with Gasteiger partial charge in [0.25, 0.3) is 0 Å². The van der Waals surface area contributed by atoms with Crippen LogP contribution in [0.5, 0.6) is 0 Å². The van der Waals surface area contributed by atoms with Gasteiger partial charge in [-0.1, -0.05) is 109 Å². The molecule has 6 rings (SSSR count). The van der Waals surface area contributed by atoms with E-state index in [0.29, 0.717) is 0 Å². The minimum absolute atomic E-state index is 0.269. The highest BCUT2D eigenvalue weighted by Gasteiger charge is 2.31. The second-order valence-corrected chi connectivity index (χ2v) is 7.76. The number of hydrogen-bond donors (Lipinski definition) is 0. The van der Waals surface area contributed by atoms with Crippen LogP contribution in [0, 0.1) is 0 Å². The molecule has 0 heterocycles. The van der Waals surface area contributed by atoms with Crippen LogP contribution in [0.2, 0.25) is 0 Å². The molecule has 0 saturated carbocycles. The van der Waals surface area contributed by atoms with Gasteiger partial charge in [-0.3, -0.25) is 0 Å². The van der Waals surface area contributed by atoms with Crippen LogP contribution in [-0.2, 0) is 0 Å². The molecule has 0 spiro atoms. The summed E-state index contributed by atoms with van der Waals surface area (Å²) < 4.78 is 0.